The van der Waals surface area contributed by atoms with E-state index in [1.807, 2.05) is 41.9 Å². The summed E-state index contributed by atoms with van der Waals surface area (Å²) in [6, 6.07) is 9.00. The molecule has 0 spiro atoms. The van der Waals surface area contributed by atoms with Crippen molar-refractivity contribution in [3.63, 3.8) is 0 Å². The van der Waals surface area contributed by atoms with Crippen molar-refractivity contribution < 1.29 is 14.3 Å². The van der Waals surface area contributed by atoms with E-state index in [1.165, 1.54) is 0 Å². The zero-order valence-electron chi connectivity index (χ0n) is 12.7. The lowest BCUT2D eigenvalue weighted by Gasteiger charge is -2.14. The van der Waals surface area contributed by atoms with Crippen molar-refractivity contribution >= 4 is 23.1 Å². The fourth-order valence-electron chi connectivity index (χ4n) is 1.88. The average molecular weight is 320 g/mol. The summed E-state index contributed by atoms with van der Waals surface area (Å²) in [5.41, 5.74) is 1.78. The summed E-state index contributed by atoms with van der Waals surface area (Å²) >= 11 is 1.61. The molecule has 2 N–H and O–H groups in total. The second-order valence-corrected chi connectivity index (χ2v) is 5.53. The minimum atomic E-state index is -0.243. The maximum atomic E-state index is 12.0. The molecule has 1 aromatic carbocycles. The number of rotatable bonds is 7. The molecule has 0 saturated carbocycles. The second kappa shape index (κ2) is 8.41. The lowest BCUT2D eigenvalue weighted by molar-refractivity contribution is 0.146. The first-order valence-corrected chi connectivity index (χ1v) is 7.94. The van der Waals surface area contributed by atoms with Crippen LogP contribution in [0.1, 0.15) is 18.5 Å². The van der Waals surface area contributed by atoms with Gasteiger partial charge in [-0.1, -0.05) is 6.07 Å². The quantitative estimate of drug-likeness (QED) is 0.766. The highest BCUT2D eigenvalue weighted by Crippen LogP contribution is 2.18. The molecule has 6 heteroatoms. The van der Waals surface area contributed by atoms with Gasteiger partial charge in [0.1, 0.15) is 12.4 Å². The van der Waals surface area contributed by atoms with Crippen molar-refractivity contribution in [1.82, 2.24) is 5.32 Å². The van der Waals surface area contributed by atoms with Crippen LogP contribution in [0.15, 0.2) is 41.1 Å². The Bertz CT molecular complexity index is 587. The third-order valence-electron chi connectivity index (χ3n) is 3.04. The number of amides is 2. The predicted molar refractivity (Wildman–Crippen MR) is 88.7 cm³/mol. The van der Waals surface area contributed by atoms with Gasteiger partial charge < -0.3 is 20.1 Å². The third-order valence-corrected chi connectivity index (χ3v) is 3.74. The zero-order valence-corrected chi connectivity index (χ0v) is 13.5. The van der Waals surface area contributed by atoms with Gasteiger partial charge in [0.2, 0.25) is 0 Å². The molecule has 5 nitrogen and oxygen atoms in total. The van der Waals surface area contributed by atoms with Gasteiger partial charge in [-0.3, -0.25) is 0 Å². The van der Waals surface area contributed by atoms with Crippen molar-refractivity contribution in [2.75, 3.05) is 25.6 Å². The molecule has 2 rings (SSSR count). The molecule has 22 heavy (non-hydrogen) atoms. The van der Waals surface area contributed by atoms with Crippen LogP contribution >= 0.6 is 11.3 Å². The zero-order chi connectivity index (χ0) is 15.8. The van der Waals surface area contributed by atoms with Gasteiger partial charge in [0.25, 0.3) is 0 Å². The van der Waals surface area contributed by atoms with Crippen LogP contribution in [0.3, 0.4) is 0 Å². The highest BCUT2D eigenvalue weighted by Gasteiger charge is 2.10. The molecule has 0 aliphatic rings. The lowest BCUT2D eigenvalue weighted by atomic mass is 10.2. The van der Waals surface area contributed by atoms with Crippen molar-refractivity contribution in [2.24, 2.45) is 0 Å². The van der Waals surface area contributed by atoms with E-state index in [-0.39, 0.29) is 12.1 Å². The van der Waals surface area contributed by atoms with E-state index in [1.54, 1.807) is 24.5 Å². The first kappa shape index (κ1) is 16.3. The normalized spacial score (nSPS) is 11.7. The van der Waals surface area contributed by atoms with E-state index in [9.17, 15) is 4.79 Å². The Morgan fingerprint density at radius 2 is 2.18 bits per heavy atom. The van der Waals surface area contributed by atoms with Gasteiger partial charge >= 0.3 is 6.03 Å². The standard InChI is InChI=1S/C16H20N2O3S/c1-12(13-6-9-22-11-13)17-16(19)18-14-4-3-5-15(10-14)21-8-7-20-2/h3-6,9-12H,7-8H2,1-2H3,(H2,17,18,19)/t12-/m0/s1. The number of ether oxygens (including phenoxy) is 2. The molecule has 118 valence electrons. The molecule has 1 atom stereocenters. The molecular weight excluding hydrogens is 300 g/mol. The number of carbonyl (C=O) groups excluding carboxylic acids is 1. The monoisotopic (exact) mass is 320 g/mol. The average Bonchev–Trinajstić information content (AvgIpc) is 3.02. The number of hydrogen-bond acceptors (Lipinski definition) is 4. The van der Waals surface area contributed by atoms with Crippen molar-refractivity contribution in [3.05, 3.63) is 46.7 Å². The van der Waals surface area contributed by atoms with Crippen LogP contribution in [-0.2, 0) is 4.74 Å². The number of thiophene rings is 1. The molecule has 0 saturated heterocycles. The number of hydrogen-bond donors (Lipinski definition) is 2. The summed E-state index contributed by atoms with van der Waals surface area (Å²) in [6.07, 6.45) is 0. The predicted octanol–water partition coefficient (Wildman–Crippen LogP) is 3.66. The fourth-order valence-corrected chi connectivity index (χ4v) is 2.63. The number of benzene rings is 1. The topological polar surface area (TPSA) is 59.6 Å². The summed E-state index contributed by atoms with van der Waals surface area (Å²) < 4.78 is 10.4. The third kappa shape index (κ3) is 5.05. The number of nitrogens with one attached hydrogen (secondary N) is 2. The Balaban J connectivity index is 1.87. The Morgan fingerprint density at radius 3 is 2.91 bits per heavy atom. The van der Waals surface area contributed by atoms with Gasteiger partial charge in [-0.25, -0.2) is 4.79 Å². The van der Waals surface area contributed by atoms with Gasteiger partial charge in [-0.2, -0.15) is 11.3 Å². The van der Waals surface area contributed by atoms with Crippen LogP contribution in [0.5, 0.6) is 5.75 Å². The van der Waals surface area contributed by atoms with Crippen LogP contribution < -0.4 is 15.4 Å². The SMILES string of the molecule is COCCOc1cccc(NC(=O)N[C@@H](C)c2ccsc2)c1. The number of anilines is 1. The first-order valence-electron chi connectivity index (χ1n) is 7.00. The molecule has 2 aromatic rings. The minimum absolute atomic E-state index is 0.0348. The second-order valence-electron chi connectivity index (χ2n) is 4.75. The Labute approximate surface area is 134 Å². The van der Waals surface area contributed by atoms with Gasteiger partial charge in [0.15, 0.2) is 0 Å². The van der Waals surface area contributed by atoms with Gasteiger partial charge in [0.05, 0.1) is 12.6 Å². The van der Waals surface area contributed by atoms with Gasteiger partial charge in [-0.05, 0) is 41.4 Å². The molecule has 0 aliphatic heterocycles. The fraction of sp³-hybridized carbons (Fsp3) is 0.312. The molecule has 1 heterocycles. The molecule has 0 unspecified atom stereocenters. The maximum absolute atomic E-state index is 12.0. The largest absolute Gasteiger partial charge is 0.491 e. The highest BCUT2D eigenvalue weighted by atomic mass is 32.1. The van der Waals surface area contributed by atoms with E-state index < -0.39 is 0 Å². The molecule has 1 aromatic heterocycles. The highest BCUT2D eigenvalue weighted by molar-refractivity contribution is 7.07. The van der Waals surface area contributed by atoms with Crippen molar-refractivity contribution in [3.8, 4) is 5.75 Å². The molecule has 0 bridgehead atoms. The molecular formula is C16H20N2O3S. The van der Waals surface area contributed by atoms with Crippen LogP contribution in [0.4, 0.5) is 10.5 Å². The number of urea groups is 1. The van der Waals surface area contributed by atoms with E-state index in [0.29, 0.717) is 24.7 Å². The summed E-state index contributed by atoms with van der Waals surface area (Å²) in [6.45, 7) is 2.95. The van der Waals surface area contributed by atoms with E-state index in [2.05, 4.69) is 10.6 Å². The molecule has 0 radical (unpaired) electrons. The number of carbonyl (C=O) groups is 1. The van der Waals surface area contributed by atoms with Crippen LogP contribution in [0.25, 0.3) is 0 Å². The van der Waals surface area contributed by atoms with E-state index in [0.717, 1.165) is 5.56 Å². The number of methoxy groups -OCH3 is 1. The Kier molecular flexibility index (Phi) is 6.24. The smallest absolute Gasteiger partial charge is 0.319 e. The molecule has 0 fully saturated rings. The van der Waals surface area contributed by atoms with E-state index >= 15 is 0 Å². The summed E-state index contributed by atoms with van der Waals surface area (Å²) in [7, 11) is 1.63. The minimum Gasteiger partial charge on any atom is -0.491 e. The van der Waals surface area contributed by atoms with Crippen LogP contribution in [0.2, 0.25) is 0 Å². The molecule has 2 amide bonds. The summed E-state index contributed by atoms with van der Waals surface area (Å²) in [5.74, 6) is 0.695. The van der Waals surface area contributed by atoms with Crippen LogP contribution in [0, 0.1) is 0 Å². The Morgan fingerprint density at radius 1 is 1.32 bits per heavy atom. The van der Waals surface area contributed by atoms with Crippen molar-refractivity contribution in [1.29, 1.82) is 0 Å². The summed E-state index contributed by atoms with van der Waals surface area (Å²) in [4.78, 5) is 12.0. The maximum Gasteiger partial charge on any atom is 0.319 e. The van der Waals surface area contributed by atoms with E-state index in [4.69, 9.17) is 9.47 Å². The van der Waals surface area contributed by atoms with Gasteiger partial charge in [0, 0.05) is 18.9 Å². The lowest BCUT2D eigenvalue weighted by Crippen LogP contribution is -2.30. The molecule has 0 aliphatic carbocycles. The Hall–Kier alpha value is -2.05. The first-order chi connectivity index (χ1) is 10.7. The van der Waals surface area contributed by atoms with Crippen LogP contribution in [-0.4, -0.2) is 26.4 Å². The summed E-state index contributed by atoms with van der Waals surface area (Å²) in [5, 5.41) is 9.72. The van der Waals surface area contributed by atoms with Gasteiger partial charge in [-0.15, -0.1) is 0 Å². The van der Waals surface area contributed by atoms with Crippen molar-refractivity contribution in [2.45, 2.75) is 13.0 Å².